The first-order valence-electron chi connectivity index (χ1n) is 11.9. The Morgan fingerprint density at radius 3 is 2.28 bits per heavy atom. The summed E-state index contributed by atoms with van der Waals surface area (Å²) >= 11 is 6.25. The number of carbonyl (C=O) groups is 2. The highest BCUT2D eigenvalue weighted by Crippen LogP contribution is 2.26. The first kappa shape index (κ1) is 23.8. The molecule has 3 aromatic carbocycles. The second-order valence-electron chi connectivity index (χ2n) is 8.95. The highest BCUT2D eigenvalue weighted by atomic mass is 35.5. The van der Waals surface area contributed by atoms with Crippen LogP contribution in [0.5, 0.6) is 0 Å². The van der Waals surface area contributed by atoms with Gasteiger partial charge in [-0.3, -0.25) is 9.59 Å². The van der Waals surface area contributed by atoms with Gasteiger partial charge in [0.2, 0.25) is 5.91 Å². The van der Waals surface area contributed by atoms with Crippen LogP contribution in [-0.2, 0) is 11.3 Å². The summed E-state index contributed by atoms with van der Waals surface area (Å²) < 4.78 is 1.71. The van der Waals surface area contributed by atoms with Crippen molar-refractivity contribution in [3.63, 3.8) is 0 Å². The number of halogens is 1. The van der Waals surface area contributed by atoms with Crippen LogP contribution >= 0.6 is 11.6 Å². The molecule has 0 spiro atoms. The topological polar surface area (TPSA) is 80.1 Å². The number of amides is 2. The molecule has 2 heterocycles. The molecule has 1 fully saturated rings. The Morgan fingerprint density at radius 2 is 1.61 bits per heavy atom. The van der Waals surface area contributed by atoms with E-state index in [1.165, 1.54) is 0 Å². The number of nitrogens with zero attached hydrogens (tertiary/aromatic N) is 4. The lowest BCUT2D eigenvalue weighted by molar-refractivity contribution is -0.128. The Labute approximate surface area is 214 Å². The smallest absolute Gasteiger partial charge is 0.273 e. The molecule has 1 aliphatic heterocycles. The van der Waals surface area contributed by atoms with Gasteiger partial charge in [0.15, 0.2) is 5.69 Å². The minimum atomic E-state index is -0.307. The minimum Gasteiger partial charge on any atom is -0.350 e. The van der Waals surface area contributed by atoms with Crippen molar-refractivity contribution in [2.24, 2.45) is 5.92 Å². The number of hydrogen-bond acceptors (Lipinski definition) is 4. The molecule has 1 aliphatic rings. The van der Waals surface area contributed by atoms with E-state index in [-0.39, 0.29) is 29.5 Å². The molecule has 1 aromatic heterocycles. The van der Waals surface area contributed by atoms with Crippen molar-refractivity contribution in [2.75, 3.05) is 13.1 Å². The number of carbonyl (C=O) groups excluding carboxylic acids is 2. The third kappa shape index (κ3) is 5.31. The zero-order valence-corrected chi connectivity index (χ0v) is 20.4. The molecule has 7 nitrogen and oxygen atoms in total. The third-order valence-electron chi connectivity index (χ3n) is 6.40. The van der Waals surface area contributed by atoms with E-state index in [9.17, 15) is 9.59 Å². The fourth-order valence-corrected chi connectivity index (χ4v) is 4.77. The van der Waals surface area contributed by atoms with E-state index in [4.69, 9.17) is 11.6 Å². The summed E-state index contributed by atoms with van der Waals surface area (Å²) in [6, 6.07) is 27.3. The van der Waals surface area contributed by atoms with Crippen LogP contribution in [0.2, 0.25) is 5.02 Å². The average Bonchev–Trinajstić information content (AvgIpc) is 3.52. The largest absolute Gasteiger partial charge is 0.350 e. The zero-order valence-electron chi connectivity index (χ0n) is 19.6. The Morgan fingerprint density at radius 1 is 0.972 bits per heavy atom. The molecular weight excluding hydrogens is 474 g/mol. The van der Waals surface area contributed by atoms with Gasteiger partial charge < -0.3 is 10.2 Å². The number of likely N-dealkylation sites (tertiary alicyclic amines) is 1. The summed E-state index contributed by atoms with van der Waals surface area (Å²) in [5.74, 6) is -0.216. The number of benzene rings is 3. The number of rotatable bonds is 8. The summed E-state index contributed by atoms with van der Waals surface area (Å²) in [4.78, 5) is 27.2. The van der Waals surface area contributed by atoms with E-state index < -0.39 is 0 Å². The molecule has 0 radical (unpaired) electrons. The minimum absolute atomic E-state index is 0.0281. The van der Waals surface area contributed by atoms with E-state index in [1.54, 1.807) is 15.8 Å². The number of nitrogens with one attached hydrogen (secondary N) is 1. The van der Waals surface area contributed by atoms with Gasteiger partial charge in [0.1, 0.15) is 6.04 Å². The van der Waals surface area contributed by atoms with E-state index in [0.717, 1.165) is 16.7 Å². The van der Waals surface area contributed by atoms with Gasteiger partial charge in [-0.2, -0.15) is 0 Å². The normalized spacial score (nSPS) is 15.4. The summed E-state index contributed by atoms with van der Waals surface area (Å²) in [5.41, 5.74) is 3.25. The third-order valence-corrected chi connectivity index (χ3v) is 6.77. The molecule has 0 aliphatic carbocycles. The molecule has 1 atom stereocenters. The van der Waals surface area contributed by atoms with E-state index in [2.05, 4.69) is 15.6 Å². The fourth-order valence-electron chi connectivity index (χ4n) is 4.58. The molecular formula is C28H26ClN5O2. The standard InChI is InChI=1S/C28H26ClN5O2/c29-24-14-8-7-13-23(24)18-33-17-20(15-26(33)35)16-30-28(36)25-19-34(32-31-25)27(21-9-3-1-4-10-21)22-11-5-2-6-12-22/h1-14,19-20,27H,15-18H2,(H,30,36). The van der Waals surface area contributed by atoms with Gasteiger partial charge in [-0.05, 0) is 22.8 Å². The Hall–Kier alpha value is -3.97. The van der Waals surface area contributed by atoms with Crippen molar-refractivity contribution in [2.45, 2.75) is 19.0 Å². The van der Waals surface area contributed by atoms with Crippen molar-refractivity contribution in [3.05, 3.63) is 119 Å². The summed E-state index contributed by atoms with van der Waals surface area (Å²) in [7, 11) is 0. The lowest BCUT2D eigenvalue weighted by Crippen LogP contribution is -2.31. The summed E-state index contributed by atoms with van der Waals surface area (Å²) in [6.45, 7) is 1.43. The lowest BCUT2D eigenvalue weighted by atomic mass is 9.99. The van der Waals surface area contributed by atoms with Crippen LogP contribution in [0, 0.1) is 5.92 Å². The maximum Gasteiger partial charge on any atom is 0.273 e. The molecule has 1 unspecified atom stereocenters. The Kier molecular flexibility index (Phi) is 7.09. The van der Waals surface area contributed by atoms with Crippen LogP contribution in [0.4, 0.5) is 0 Å². The molecule has 1 N–H and O–H groups in total. The fraction of sp³-hybridized carbons (Fsp3) is 0.214. The van der Waals surface area contributed by atoms with Gasteiger partial charge in [-0.15, -0.1) is 5.10 Å². The van der Waals surface area contributed by atoms with Crippen molar-refractivity contribution in [3.8, 4) is 0 Å². The SMILES string of the molecule is O=C(NCC1CC(=O)N(Cc2ccccc2Cl)C1)c1cn(C(c2ccccc2)c2ccccc2)nn1. The maximum atomic E-state index is 12.9. The van der Waals surface area contributed by atoms with Gasteiger partial charge in [0.25, 0.3) is 5.91 Å². The number of aromatic nitrogens is 3. The molecule has 4 aromatic rings. The van der Waals surface area contributed by atoms with Gasteiger partial charge in [-0.25, -0.2) is 4.68 Å². The van der Waals surface area contributed by atoms with Gasteiger partial charge in [0, 0.05) is 37.0 Å². The van der Waals surface area contributed by atoms with E-state index in [1.807, 2.05) is 84.9 Å². The first-order valence-corrected chi connectivity index (χ1v) is 12.3. The molecule has 2 amide bonds. The Balaban J connectivity index is 1.23. The monoisotopic (exact) mass is 499 g/mol. The maximum absolute atomic E-state index is 12.9. The van der Waals surface area contributed by atoms with Crippen LogP contribution in [-0.4, -0.2) is 44.8 Å². The van der Waals surface area contributed by atoms with E-state index in [0.29, 0.717) is 31.1 Å². The summed E-state index contributed by atoms with van der Waals surface area (Å²) in [6.07, 6.45) is 2.06. The molecule has 0 bridgehead atoms. The van der Waals surface area contributed by atoms with Crippen molar-refractivity contribution < 1.29 is 9.59 Å². The van der Waals surface area contributed by atoms with Crippen LogP contribution in [0.25, 0.3) is 0 Å². The molecule has 0 saturated carbocycles. The van der Waals surface area contributed by atoms with E-state index >= 15 is 0 Å². The molecule has 36 heavy (non-hydrogen) atoms. The lowest BCUT2D eigenvalue weighted by Gasteiger charge is -2.18. The van der Waals surface area contributed by atoms with Crippen LogP contribution < -0.4 is 5.32 Å². The quantitative estimate of drug-likeness (QED) is 0.391. The van der Waals surface area contributed by atoms with Gasteiger partial charge in [-0.1, -0.05) is 95.7 Å². The average molecular weight is 500 g/mol. The summed E-state index contributed by atoms with van der Waals surface area (Å²) in [5, 5.41) is 12.0. The highest BCUT2D eigenvalue weighted by molar-refractivity contribution is 6.31. The molecule has 182 valence electrons. The molecule has 8 heteroatoms. The number of hydrogen-bond donors (Lipinski definition) is 1. The van der Waals surface area contributed by atoms with Crippen LogP contribution in [0.3, 0.4) is 0 Å². The van der Waals surface area contributed by atoms with Gasteiger partial charge >= 0.3 is 0 Å². The predicted molar refractivity (Wildman–Crippen MR) is 137 cm³/mol. The molecule has 5 rings (SSSR count). The van der Waals surface area contributed by atoms with Crippen molar-refractivity contribution in [1.29, 1.82) is 0 Å². The highest BCUT2D eigenvalue weighted by Gasteiger charge is 2.30. The van der Waals surface area contributed by atoms with Crippen LogP contribution in [0.1, 0.15) is 39.6 Å². The second kappa shape index (κ2) is 10.7. The first-order chi connectivity index (χ1) is 17.6. The van der Waals surface area contributed by atoms with Crippen molar-refractivity contribution >= 4 is 23.4 Å². The Bertz CT molecular complexity index is 1300. The van der Waals surface area contributed by atoms with Gasteiger partial charge in [0.05, 0.1) is 6.20 Å². The zero-order chi connectivity index (χ0) is 24.9. The second-order valence-corrected chi connectivity index (χ2v) is 9.36. The van der Waals surface area contributed by atoms with Crippen LogP contribution in [0.15, 0.2) is 91.1 Å². The predicted octanol–water partition coefficient (Wildman–Crippen LogP) is 4.35. The molecule has 1 saturated heterocycles. The van der Waals surface area contributed by atoms with Crippen molar-refractivity contribution in [1.82, 2.24) is 25.2 Å².